The van der Waals surface area contributed by atoms with E-state index in [1.54, 1.807) is 19.1 Å². The Morgan fingerprint density at radius 1 is 1.12 bits per heavy atom. The molecule has 11 heteroatoms. The third-order valence-electron chi connectivity index (χ3n) is 5.76. The standard InChI is InChI=1S/C23H19ClF4N4O2/c1-2-13-10-14(4-6-17(13)25)18-30-19(32-21(34)31-18)15-9-12(3-5-16(15)24)11-29-20(33)22(7-8-22)23(26,27)28/h3-6,9-10H,2,7-8,11H2,1H3,(H,29,33)(H,30,31,32,34). The van der Waals surface area contributed by atoms with Crippen LogP contribution in [0.3, 0.4) is 0 Å². The first-order valence-electron chi connectivity index (χ1n) is 10.4. The predicted octanol–water partition coefficient (Wildman–Crippen LogP) is 5.22. The SMILES string of the molecule is CCc1cc(-c2nc(O)nc(-c3cc(CNC(=O)C4(C(F)(F)F)CC4)ccc3Cl)n2)ccc1F. The largest absolute Gasteiger partial charge is 0.479 e. The van der Waals surface area contributed by atoms with E-state index in [0.717, 1.165) is 0 Å². The summed E-state index contributed by atoms with van der Waals surface area (Å²) >= 11 is 6.29. The van der Waals surface area contributed by atoms with E-state index >= 15 is 0 Å². The highest BCUT2D eigenvalue weighted by Gasteiger charge is 2.68. The molecule has 1 aromatic heterocycles. The molecule has 1 heterocycles. The smallest absolute Gasteiger partial charge is 0.403 e. The topological polar surface area (TPSA) is 88.0 Å². The number of aryl methyl sites for hydroxylation is 1. The Bertz CT molecular complexity index is 1260. The summed E-state index contributed by atoms with van der Waals surface area (Å²) in [5, 5.41) is 12.6. The van der Waals surface area contributed by atoms with Crippen LogP contribution in [0.15, 0.2) is 36.4 Å². The highest BCUT2D eigenvalue weighted by atomic mass is 35.5. The number of nitrogens with zero attached hydrogens (tertiary/aromatic N) is 3. The van der Waals surface area contributed by atoms with Crippen LogP contribution in [0.2, 0.25) is 5.02 Å². The number of nitrogens with one attached hydrogen (secondary N) is 1. The second-order valence-corrected chi connectivity index (χ2v) is 8.43. The summed E-state index contributed by atoms with van der Waals surface area (Å²) in [6, 6.07) is 8.27. The number of benzene rings is 2. The molecule has 0 spiro atoms. The van der Waals surface area contributed by atoms with Crippen molar-refractivity contribution in [1.82, 2.24) is 20.3 Å². The minimum absolute atomic E-state index is 0.0111. The number of carbonyl (C=O) groups excluding carboxylic acids is 1. The summed E-state index contributed by atoms with van der Waals surface area (Å²) in [4.78, 5) is 24.3. The van der Waals surface area contributed by atoms with E-state index in [9.17, 15) is 27.5 Å². The molecule has 6 nitrogen and oxygen atoms in total. The molecule has 1 amide bonds. The number of hydrogen-bond donors (Lipinski definition) is 2. The number of aromatic hydroxyl groups is 1. The van der Waals surface area contributed by atoms with Crippen LogP contribution >= 0.6 is 11.6 Å². The van der Waals surface area contributed by atoms with Gasteiger partial charge in [0.05, 0.1) is 5.02 Å². The van der Waals surface area contributed by atoms with Gasteiger partial charge in [-0.25, -0.2) is 9.37 Å². The maximum absolute atomic E-state index is 13.9. The highest BCUT2D eigenvalue weighted by Crippen LogP contribution is 2.57. The Hall–Kier alpha value is -3.27. The molecule has 34 heavy (non-hydrogen) atoms. The number of halogens is 5. The van der Waals surface area contributed by atoms with E-state index in [0.29, 0.717) is 23.1 Å². The van der Waals surface area contributed by atoms with Crippen molar-refractivity contribution < 1.29 is 27.5 Å². The Balaban J connectivity index is 1.61. The summed E-state index contributed by atoms with van der Waals surface area (Å²) in [7, 11) is 0. The third-order valence-corrected chi connectivity index (χ3v) is 6.09. The van der Waals surface area contributed by atoms with Crippen molar-refractivity contribution in [3.63, 3.8) is 0 Å². The molecular formula is C23H19ClF4N4O2. The van der Waals surface area contributed by atoms with Gasteiger partial charge >= 0.3 is 12.2 Å². The van der Waals surface area contributed by atoms with E-state index in [2.05, 4.69) is 20.3 Å². The van der Waals surface area contributed by atoms with Gasteiger partial charge in [-0.15, -0.1) is 0 Å². The van der Waals surface area contributed by atoms with Gasteiger partial charge in [0.1, 0.15) is 11.2 Å². The maximum Gasteiger partial charge on any atom is 0.403 e. The number of hydrogen-bond acceptors (Lipinski definition) is 5. The fourth-order valence-electron chi connectivity index (χ4n) is 3.57. The fraction of sp³-hybridized carbons (Fsp3) is 0.304. The zero-order valence-corrected chi connectivity index (χ0v) is 18.6. The summed E-state index contributed by atoms with van der Waals surface area (Å²) in [5.74, 6) is -1.34. The lowest BCUT2D eigenvalue weighted by Gasteiger charge is -2.18. The molecular weight excluding hydrogens is 476 g/mol. The lowest BCUT2D eigenvalue weighted by molar-refractivity contribution is -0.192. The van der Waals surface area contributed by atoms with Crippen molar-refractivity contribution in [3.05, 3.63) is 58.4 Å². The lowest BCUT2D eigenvalue weighted by Crippen LogP contribution is -2.40. The highest BCUT2D eigenvalue weighted by molar-refractivity contribution is 6.33. The Kier molecular flexibility index (Phi) is 6.20. The van der Waals surface area contributed by atoms with Crippen LogP contribution in [0.25, 0.3) is 22.8 Å². The van der Waals surface area contributed by atoms with Gasteiger partial charge < -0.3 is 10.4 Å². The monoisotopic (exact) mass is 494 g/mol. The zero-order chi connectivity index (χ0) is 24.7. The van der Waals surface area contributed by atoms with Crippen LogP contribution in [-0.2, 0) is 17.8 Å². The Morgan fingerprint density at radius 3 is 2.47 bits per heavy atom. The van der Waals surface area contributed by atoms with Crippen molar-refractivity contribution in [2.24, 2.45) is 5.41 Å². The first-order valence-corrected chi connectivity index (χ1v) is 10.8. The normalized spacial score (nSPS) is 14.6. The third kappa shape index (κ3) is 4.54. The number of carbonyl (C=O) groups is 1. The van der Waals surface area contributed by atoms with E-state index in [1.807, 2.05) is 0 Å². The van der Waals surface area contributed by atoms with Gasteiger partial charge in [-0.1, -0.05) is 24.6 Å². The van der Waals surface area contributed by atoms with Gasteiger partial charge in [0.15, 0.2) is 11.6 Å². The van der Waals surface area contributed by atoms with E-state index in [-0.39, 0.29) is 47.4 Å². The van der Waals surface area contributed by atoms with Gasteiger partial charge in [-0.3, -0.25) is 4.79 Å². The summed E-state index contributed by atoms with van der Waals surface area (Å²) in [6.45, 7) is 1.63. The molecule has 2 aromatic carbocycles. The second-order valence-electron chi connectivity index (χ2n) is 8.02. The van der Waals surface area contributed by atoms with Gasteiger partial charge in [0.2, 0.25) is 5.91 Å². The van der Waals surface area contributed by atoms with Crippen molar-refractivity contribution in [2.45, 2.75) is 38.9 Å². The molecule has 1 aliphatic rings. The molecule has 0 saturated heterocycles. The van der Waals surface area contributed by atoms with Crippen molar-refractivity contribution >= 4 is 17.5 Å². The van der Waals surface area contributed by atoms with Gasteiger partial charge in [-0.2, -0.15) is 23.1 Å². The average Bonchev–Trinajstić information content (AvgIpc) is 3.60. The summed E-state index contributed by atoms with van der Waals surface area (Å²) in [6.07, 6.45) is -4.62. The molecule has 1 aliphatic carbocycles. The molecule has 0 unspecified atom stereocenters. The molecule has 0 aliphatic heterocycles. The average molecular weight is 495 g/mol. The van der Waals surface area contributed by atoms with Gasteiger partial charge in [0.25, 0.3) is 0 Å². The van der Waals surface area contributed by atoms with E-state index in [4.69, 9.17) is 11.6 Å². The number of amides is 1. The lowest BCUT2D eigenvalue weighted by atomic mass is 10.1. The predicted molar refractivity (Wildman–Crippen MR) is 116 cm³/mol. The van der Waals surface area contributed by atoms with Crippen LogP contribution < -0.4 is 5.32 Å². The van der Waals surface area contributed by atoms with Crippen molar-refractivity contribution in [2.75, 3.05) is 0 Å². The van der Waals surface area contributed by atoms with Crippen LogP contribution in [0.1, 0.15) is 30.9 Å². The summed E-state index contributed by atoms with van der Waals surface area (Å²) in [5.41, 5.74) is -0.672. The van der Waals surface area contributed by atoms with Crippen LogP contribution in [-0.4, -0.2) is 32.1 Å². The molecule has 1 saturated carbocycles. The van der Waals surface area contributed by atoms with Crippen LogP contribution in [0.5, 0.6) is 6.01 Å². The number of alkyl halides is 3. The van der Waals surface area contributed by atoms with Crippen LogP contribution in [0.4, 0.5) is 17.6 Å². The van der Waals surface area contributed by atoms with Crippen molar-refractivity contribution in [1.29, 1.82) is 0 Å². The minimum Gasteiger partial charge on any atom is -0.479 e. The first kappa shape index (κ1) is 23.9. The zero-order valence-electron chi connectivity index (χ0n) is 17.9. The second kappa shape index (κ2) is 8.83. The molecule has 178 valence electrons. The van der Waals surface area contributed by atoms with Gasteiger partial charge in [-0.05, 0) is 60.7 Å². The first-order chi connectivity index (χ1) is 16.0. The maximum atomic E-state index is 13.9. The fourth-order valence-corrected chi connectivity index (χ4v) is 3.77. The summed E-state index contributed by atoms with van der Waals surface area (Å²) < 4.78 is 53.3. The van der Waals surface area contributed by atoms with Crippen LogP contribution in [0, 0.1) is 11.2 Å². The van der Waals surface area contributed by atoms with E-state index in [1.165, 1.54) is 24.3 Å². The number of aromatic nitrogens is 3. The van der Waals surface area contributed by atoms with Crippen molar-refractivity contribution in [3.8, 4) is 28.8 Å². The minimum atomic E-state index is -4.60. The number of rotatable bonds is 6. The molecule has 1 fully saturated rings. The molecule has 2 N–H and O–H groups in total. The molecule has 0 atom stereocenters. The van der Waals surface area contributed by atoms with E-state index < -0.39 is 23.5 Å². The molecule has 3 aromatic rings. The molecule has 0 bridgehead atoms. The quantitative estimate of drug-likeness (QED) is 0.458. The Morgan fingerprint density at radius 2 is 1.82 bits per heavy atom. The molecule has 0 radical (unpaired) electrons. The Labute approximate surface area is 197 Å². The molecule has 4 rings (SSSR count). The van der Waals surface area contributed by atoms with Gasteiger partial charge in [0, 0.05) is 17.7 Å².